The van der Waals surface area contributed by atoms with Gasteiger partial charge in [0, 0.05) is 19.6 Å². The topological polar surface area (TPSA) is 95.0 Å². The van der Waals surface area contributed by atoms with Crippen molar-refractivity contribution in [3.63, 3.8) is 0 Å². The molecular weight excluding hydrogens is 296 g/mol. The summed E-state index contributed by atoms with van der Waals surface area (Å²) >= 11 is 0. The lowest BCUT2D eigenvalue weighted by Crippen LogP contribution is -2.48. The van der Waals surface area contributed by atoms with Crippen molar-refractivity contribution in [2.75, 3.05) is 32.4 Å². The van der Waals surface area contributed by atoms with Crippen LogP contribution < -0.4 is 0 Å². The van der Waals surface area contributed by atoms with Crippen molar-refractivity contribution in [2.45, 2.75) is 25.7 Å². The van der Waals surface area contributed by atoms with E-state index in [1.807, 2.05) is 0 Å². The van der Waals surface area contributed by atoms with Crippen LogP contribution in [-0.4, -0.2) is 67.0 Å². The molecule has 1 aliphatic carbocycles. The molecule has 0 radical (unpaired) electrons. The molecule has 2 aliphatic rings. The SMILES string of the molecule is CS(=O)(=O)N1CCCC(C(=O)N(CC(=O)O)CC2CC2)C1. The van der Waals surface area contributed by atoms with Crippen molar-refractivity contribution in [2.24, 2.45) is 11.8 Å². The summed E-state index contributed by atoms with van der Waals surface area (Å²) in [5, 5.41) is 8.95. The van der Waals surface area contributed by atoms with Gasteiger partial charge in [-0.1, -0.05) is 0 Å². The van der Waals surface area contributed by atoms with Crippen molar-refractivity contribution < 1.29 is 23.1 Å². The lowest BCUT2D eigenvalue weighted by Gasteiger charge is -2.33. The van der Waals surface area contributed by atoms with E-state index in [1.165, 1.54) is 9.21 Å². The number of piperidine rings is 1. The number of aliphatic carboxylic acids is 1. The van der Waals surface area contributed by atoms with Gasteiger partial charge in [0.1, 0.15) is 6.54 Å². The zero-order chi connectivity index (χ0) is 15.6. The summed E-state index contributed by atoms with van der Waals surface area (Å²) in [6.45, 7) is 0.772. The maximum absolute atomic E-state index is 12.5. The number of hydrogen-bond donors (Lipinski definition) is 1. The van der Waals surface area contributed by atoms with Crippen LogP contribution in [-0.2, 0) is 19.6 Å². The van der Waals surface area contributed by atoms with Gasteiger partial charge in [0.25, 0.3) is 0 Å². The molecule has 120 valence electrons. The van der Waals surface area contributed by atoms with Crippen molar-refractivity contribution in [1.82, 2.24) is 9.21 Å². The van der Waals surface area contributed by atoms with E-state index in [2.05, 4.69) is 0 Å². The molecule has 2 rings (SSSR count). The van der Waals surface area contributed by atoms with E-state index in [4.69, 9.17) is 5.11 Å². The predicted octanol–water partition coefficient (Wildman–Crippen LogP) is -0.0188. The highest BCUT2D eigenvalue weighted by Gasteiger charge is 2.35. The number of amides is 1. The minimum Gasteiger partial charge on any atom is -0.480 e. The summed E-state index contributed by atoms with van der Waals surface area (Å²) in [5.41, 5.74) is 0. The first-order valence-electron chi connectivity index (χ1n) is 7.23. The molecule has 0 bridgehead atoms. The first-order chi connectivity index (χ1) is 9.77. The Morgan fingerprint density at radius 1 is 1.29 bits per heavy atom. The minimum atomic E-state index is -3.31. The Labute approximate surface area is 125 Å². The van der Waals surface area contributed by atoms with Crippen molar-refractivity contribution in [3.8, 4) is 0 Å². The molecule has 0 aromatic carbocycles. The van der Waals surface area contributed by atoms with Crippen LogP contribution in [0.25, 0.3) is 0 Å². The molecule has 1 heterocycles. The second-order valence-corrected chi connectivity index (χ2v) is 8.00. The maximum Gasteiger partial charge on any atom is 0.323 e. The summed E-state index contributed by atoms with van der Waals surface area (Å²) in [5.74, 6) is -1.27. The molecule has 1 aliphatic heterocycles. The Morgan fingerprint density at radius 3 is 2.48 bits per heavy atom. The lowest BCUT2D eigenvalue weighted by atomic mass is 9.98. The highest BCUT2D eigenvalue weighted by Crippen LogP contribution is 2.30. The second-order valence-electron chi connectivity index (χ2n) is 6.02. The third-order valence-corrected chi connectivity index (χ3v) is 5.29. The molecular formula is C13H22N2O5S. The molecule has 1 unspecified atom stereocenters. The molecule has 7 nitrogen and oxygen atoms in total. The van der Waals surface area contributed by atoms with Crippen LogP contribution in [0.1, 0.15) is 25.7 Å². The Kier molecular flexibility index (Phi) is 4.88. The van der Waals surface area contributed by atoms with Gasteiger partial charge in [-0.3, -0.25) is 9.59 Å². The van der Waals surface area contributed by atoms with E-state index >= 15 is 0 Å². The van der Waals surface area contributed by atoms with Gasteiger partial charge in [-0.2, -0.15) is 0 Å². The zero-order valence-corrected chi connectivity index (χ0v) is 13.0. The lowest BCUT2D eigenvalue weighted by molar-refractivity contribution is -0.147. The highest BCUT2D eigenvalue weighted by atomic mass is 32.2. The minimum absolute atomic E-state index is 0.165. The van der Waals surface area contributed by atoms with Crippen molar-refractivity contribution in [3.05, 3.63) is 0 Å². The molecule has 0 spiro atoms. The van der Waals surface area contributed by atoms with Crippen LogP contribution in [0, 0.1) is 11.8 Å². The van der Waals surface area contributed by atoms with Crippen LogP contribution in [0.2, 0.25) is 0 Å². The molecule has 1 amide bonds. The predicted molar refractivity (Wildman–Crippen MR) is 76.1 cm³/mol. The van der Waals surface area contributed by atoms with Gasteiger partial charge in [0.15, 0.2) is 0 Å². The number of nitrogens with zero attached hydrogens (tertiary/aromatic N) is 2. The van der Waals surface area contributed by atoms with Crippen LogP contribution in [0.5, 0.6) is 0 Å². The van der Waals surface area contributed by atoms with Crippen LogP contribution in [0.4, 0.5) is 0 Å². The van der Waals surface area contributed by atoms with E-state index in [9.17, 15) is 18.0 Å². The number of carbonyl (C=O) groups is 2. The number of carbonyl (C=O) groups excluding carboxylic acids is 1. The molecule has 21 heavy (non-hydrogen) atoms. The van der Waals surface area contributed by atoms with Crippen molar-refractivity contribution in [1.29, 1.82) is 0 Å². The number of carboxylic acid groups (broad SMARTS) is 1. The van der Waals surface area contributed by atoms with Crippen molar-refractivity contribution >= 4 is 21.9 Å². The fourth-order valence-electron chi connectivity index (χ4n) is 2.71. The molecule has 2 fully saturated rings. The molecule has 8 heteroatoms. The van der Waals surface area contributed by atoms with Crippen LogP contribution in [0.15, 0.2) is 0 Å². The van der Waals surface area contributed by atoms with Gasteiger partial charge in [-0.15, -0.1) is 0 Å². The van der Waals surface area contributed by atoms with Gasteiger partial charge in [0.2, 0.25) is 15.9 Å². The van der Waals surface area contributed by atoms with E-state index in [0.29, 0.717) is 31.8 Å². The Hall–Kier alpha value is -1.15. The van der Waals surface area contributed by atoms with Gasteiger partial charge >= 0.3 is 5.97 Å². The standard InChI is InChI=1S/C13H22N2O5S/c1-21(19,20)15-6-2-3-11(8-15)13(18)14(9-12(16)17)7-10-4-5-10/h10-11H,2-9H2,1H3,(H,16,17). The molecule has 1 saturated carbocycles. The second kappa shape index (κ2) is 6.31. The third-order valence-electron chi connectivity index (χ3n) is 4.02. The zero-order valence-electron chi connectivity index (χ0n) is 12.2. The molecule has 1 saturated heterocycles. The van der Waals surface area contributed by atoms with Gasteiger partial charge in [-0.25, -0.2) is 12.7 Å². The first-order valence-corrected chi connectivity index (χ1v) is 9.08. The Morgan fingerprint density at radius 2 is 1.95 bits per heavy atom. The normalized spacial score (nSPS) is 23.8. The number of carboxylic acids is 1. The summed E-state index contributed by atoms with van der Waals surface area (Å²) < 4.78 is 24.5. The van der Waals surface area contributed by atoms with E-state index in [-0.39, 0.29) is 19.0 Å². The number of rotatable bonds is 6. The molecule has 0 aromatic heterocycles. The fourth-order valence-corrected chi connectivity index (χ4v) is 3.62. The third kappa shape index (κ3) is 4.67. The van der Waals surface area contributed by atoms with Gasteiger partial charge < -0.3 is 10.0 Å². The summed E-state index contributed by atoms with van der Waals surface area (Å²) in [4.78, 5) is 24.8. The monoisotopic (exact) mass is 318 g/mol. The average molecular weight is 318 g/mol. The van der Waals surface area contributed by atoms with Gasteiger partial charge in [0.05, 0.1) is 12.2 Å². The summed E-state index contributed by atoms with van der Waals surface area (Å²) in [7, 11) is -3.31. The fraction of sp³-hybridized carbons (Fsp3) is 0.846. The Bertz CT molecular complexity index is 515. The number of sulfonamides is 1. The van der Waals surface area contributed by atoms with Gasteiger partial charge in [-0.05, 0) is 31.6 Å². The Balaban J connectivity index is 2.02. The van der Waals surface area contributed by atoms with Crippen LogP contribution >= 0.6 is 0 Å². The largest absolute Gasteiger partial charge is 0.480 e. The summed E-state index contributed by atoms with van der Waals surface area (Å²) in [6, 6.07) is 0. The van der Waals surface area contributed by atoms with E-state index < -0.39 is 21.9 Å². The molecule has 1 atom stereocenters. The average Bonchev–Trinajstić information content (AvgIpc) is 3.20. The van der Waals surface area contributed by atoms with E-state index in [0.717, 1.165) is 19.1 Å². The molecule has 0 aromatic rings. The quantitative estimate of drug-likeness (QED) is 0.743. The smallest absolute Gasteiger partial charge is 0.323 e. The first kappa shape index (κ1) is 16.2. The van der Waals surface area contributed by atoms with E-state index in [1.54, 1.807) is 0 Å². The summed E-state index contributed by atoms with van der Waals surface area (Å²) in [6.07, 6.45) is 4.45. The maximum atomic E-state index is 12.5. The molecule has 1 N–H and O–H groups in total. The number of hydrogen-bond acceptors (Lipinski definition) is 4. The van der Waals surface area contributed by atoms with Crippen LogP contribution in [0.3, 0.4) is 0 Å². The highest BCUT2D eigenvalue weighted by molar-refractivity contribution is 7.88.